The van der Waals surface area contributed by atoms with Crippen LogP contribution in [0.2, 0.25) is 0 Å². The summed E-state index contributed by atoms with van der Waals surface area (Å²) in [6.07, 6.45) is 1.84. The van der Waals surface area contributed by atoms with Gasteiger partial charge in [-0.3, -0.25) is 0 Å². The lowest BCUT2D eigenvalue weighted by Crippen LogP contribution is -2.12. The Morgan fingerprint density at radius 3 is 0.906 bits per heavy atom. The van der Waals surface area contributed by atoms with Gasteiger partial charge in [0, 0.05) is 45.3 Å². The molecule has 10 rings (SSSR count). The van der Waals surface area contributed by atoms with E-state index in [0.717, 1.165) is 69.1 Å². The summed E-state index contributed by atoms with van der Waals surface area (Å²) in [7, 11) is 0. The van der Waals surface area contributed by atoms with E-state index in [0.29, 0.717) is 0 Å². The molecule has 0 bridgehead atoms. The number of rotatable bonds is 12. The minimum Gasteiger partial charge on any atom is -0.310 e. The predicted molar refractivity (Wildman–Crippen MR) is 269 cm³/mol. The highest BCUT2D eigenvalue weighted by atomic mass is 15.1. The molecule has 4 heteroatoms. The summed E-state index contributed by atoms with van der Waals surface area (Å²) in [5, 5.41) is 0. The lowest BCUT2D eigenvalue weighted by atomic mass is 10.0. The summed E-state index contributed by atoms with van der Waals surface area (Å²) in [4.78, 5) is 15.3. The Morgan fingerprint density at radius 1 is 0.281 bits per heavy atom. The maximum atomic E-state index is 5.30. The Labute approximate surface area is 376 Å². The molecule has 0 unspecified atom stereocenters. The molecule has 1 heterocycles. The van der Waals surface area contributed by atoms with Crippen LogP contribution in [0, 0.1) is 0 Å². The summed E-state index contributed by atoms with van der Waals surface area (Å²) in [6, 6.07) is 82.0. The summed E-state index contributed by atoms with van der Waals surface area (Å²) in [5.41, 5.74) is 19.4. The van der Waals surface area contributed by atoms with Gasteiger partial charge in [0.1, 0.15) is 0 Å². The number of hydrogen-bond acceptors (Lipinski definition) is 4. The highest BCUT2D eigenvalue weighted by Gasteiger charge is 2.20. The molecule has 0 N–H and O–H groups in total. The molecule has 0 spiro atoms. The van der Waals surface area contributed by atoms with Crippen LogP contribution in [-0.2, 0) is 12.8 Å². The number of benzene rings is 9. The molecule has 0 saturated heterocycles. The summed E-state index contributed by atoms with van der Waals surface area (Å²) >= 11 is 0. The molecule has 0 fully saturated rings. The van der Waals surface area contributed by atoms with Crippen LogP contribution in [0.4, 0.5) is 34.1 Å². The first-order valence-electron chi connectivity index (χ1n) is 22.2. The largest absolute Gasteiger partial charge is 0.310 e. The van der Waals surface area contributed by atoms with Crippen molar-refractivity contribution in [3.8, 4) is 44.8 Å². The zero-order valence-electron chi connectivity index (χ0n) is 36.1. The number of para-hydroxylation sites is 4. The van der Waals surface area contributed by atoms with Crippen LogP contribution in [0.15, 0.2) is 231 Å². The zero-order chi connectivity index (χ0) is 43.2. The summed E-state index contributed by atoms with van der Waals surface area (Å²) < 4.78 is 0. The second-order valence-electron chi connectivity index (χ2n) is 16.0. The van der Waals surface area contributed by atoms with Gasteiger partial charge in [-0.2, -0.15) is 0 Å². The van der Waals surface area contributed by atoms with Crippen molar-refractivity contribution in [2.75, 3.05) is 9.80 Å². The van der Waals surface area contributed by atoms with Crippen molar-refractivity contribution >= 4 is 45.2 Å². The summed E-state index contributed by atoms with van der Waals surface area (Å²) in [6.45, 7) is 4.44. The first kappa shape index (κ1) is 40.0. The number of fused-ring (bicyclic) bond motifs is 1. The molecule has 64 heavy (non-hydrogen) atoms. The van der Waals surface area contributed by atoms with E-state index >= 15 is 0 Å². The highest BCUT2D eigenvalue weighted by molar-refractivity contribution is 5.89. The molecule has 0 aliphatic carbocycles. The maximum Gasteiger partial charge on any atom is 0.0973 e. The van der Waals surface area contributed by atoms with Crippen molar-refractivity contribution in [1.82, 2.24) is 9.97 Å². The van der Waals surface area contributed by atoms with Crippen LogP contribution in [0.3, 0.4) is 0 Å². The van der Waals surface area contributed by atoms with Gasteiger partial charge in [0.15, 0.2) is 0 Å². The first-order chi connectivity index (χ1) is 31.6. The smallest absolute Gasteiger partial charge is 0.0973 e. The van der Waals surface area contributed by atoms with Crippen LogP contribution in [-0.4, -0.2) is 9.97 Å². The molecule has 9 aromatic carbocycles. The monoisotopic (exact) mass is 824 g/mol. The quantitative estimate of drug-likeness (QED) is 0.123. The molecule has 0 radical (unpaired) electrons. The van der Waals surface area contributed by atoms with Crippen molar-refractivity contribution < 1.29 is 0 Å². The Morgan fingerprint density at radius 2 is 0.562 bits per heavy atom. The minimum absolute atomic E-state index is 0.843. The fourth-order valence-corrected chi connectivity index (χ4v) is 8.72. The van der Waals surface area contributed by atoms with Crippen molar-refractivity contribution in [2.45, 2.75) is 26.7 Å². The van der Waals surface area contributed by atoms with Gasteiger partial charge in [-0.25, -0.2) is 9.97 Å². The predicted octanol–water partition coefficient (Wildman–Crippen LogP) is 16.4. The van der Waals surface area contributed by atoms with E-state index in [-0.39, 0.29) is 0 Å². The van der Waals surface area contributed by atoms with Gasteiger partial charge in [-0.05, 0) is 119 Å². The molecular weight excluding hydrogens is 777 g/mol. The average molecular weight is 825 g/mol. The second kappa shape index (κ2) is 18.1. The van der Waals surface area contributed by atoms with E-state index in [4.69, 9.17) is 9.97 Å². The topological polar surface area (TPSA) is 32.3 Å². The van der Waals surface area contributed by atoms with E-state index in [1.165, 1.54) is 44.8 Å². The Bertz CT molecular complexity index is 2930. The number of anilines is 6. The van der Waals surface area contributed by atoms with Gasteiger partial charge in [0.2, 0.25) is 0 Å². The zero-order valence-corrected chi connectivity index (χ0v) is 36.1. The van der Waals surface area contributed by atoms with Crippen LogP contribution in [0.1, 0.15) is 25.0 Å². The first-order valence-corrected chi connectivity index (χ1v) is 22.2. The molecule has 0 saturated carbocycles. The van der Waals surface area contributed by atoms with E-state index < -0.39 is 0 Å². The molecular formula is C60H48N4. The molecule has 0 aliphatic rings. The van der Waals surface area contributed by atoms with Gasteiger partial charge in [-0.15, -0.1) is 0 Å². The van der Waals surface area contributed by atoms with Gasteiger partial charge in [-0.1, -0.05) is 172 Å². The Hall–Kier alpha value is -8.08. The van der Waals surface area contributed by atoms with Crippen molar-refractivity contribution in [3.05, 3.63) is 242 Å². The SMILES string of the molecule is CCc1ccccc1N(c1ccc(-c2ccccc2)cc1)c1ccc(-c2nc3ccccc3nc2-c2ccc(N(c3ccc(-c4ccccc4)cc3)c3ccccc3CC)cc2)cc1. The Balaban J connectivity index is 1.03. The normalized spacial score (nSPS) is 11.1. The fraction of sp³-hybridized carbons (Fsp3) is 0.0667. The van der Waals surface area contributed by atoms with Crippen LogP contribution < -0.4 is 9.80 Å². The van der Waals surface area contributed by atoms with Gasteiger partial charge in [0.25, 0.3) is 0 Å². The van der Waals surface area contributed by atoms with Gasteiger partial charge in [0.05, 0.1) is 22.4 Å². The fourth-order valence-electron chi connectivity index (χ4n) is 8.72. The molecule has 1 aromatic heterocycles. The van der Waals surface area contributed by atoms with Crippen LogP contribution in [0.5, 0.6) is 0 Å². The highest BCUT2D eigenvalue weighted by Crippen LogP contribution is 2.42. The van der Waals surface area contributed by atoms with Crippen LogP contribution >= 0.6 is 0 Å². The van der Waals surface area contributed by atoms with Gasteiger partial charge < -0.3 is 9.80 Å². The third-order valence-corrected chi connectivity index (χ3v) is 12.1. The van der Waals surface area contributed by atoms with Crippen molar-refractivity contribution in [3.63, 3.8) is 0 Å². The van der Waals surface area contributed by atoms with E-state index in [9.17, 15) is 0 Å². The number of aromatic nitrogens is 2. The lowest BCUT2D eigenvalue weighted by molar-refractivity contribution is 1.11. The molecule has 308 valence electrons. The van der Waals surface area contributed by atoms with E-state index in [1.54, 1.807) is 0 Å². The third-order valence-electron chi connectivity index (χ3n) is 12.1. The molecule has 0 atom stereocenters. The minimum atomic E-state index is 0.843. The van der Waals surface area contributed by atoms with Gasteiger partial charge >= 0.3 is 0 Å². The number of aryl methyl sites for hydroxylation is 2. The average Bonchev–Trinajstić information content (AvgIpc) is 3.38. The standard InChI is InChI=1S/C60H48N4/c1-3-43-17-11-15-25-57(43)63(51-35-27-47(28-36-51)45-19-7-5-8-20-45)53-39-31-49(32-40-53)59-60(62-56-24-14-13-23-55(56)61-59)50-33-41-54(42-34-50)64(58-26-16-12-18-44(58)4-2)52-37-29-48(30-38-52)46-21-9-6-10-22-46/h5-42H,3-4H2,1-2H3. The molecule has 10 aromatic rings. The van der Waals surface area contributed by atoms with E-state index in [2.05, 4.69) is 230 Å². The number of nitrogens with zero attached hydrogens (tertiary/aromatic N) is 4. The molecule has 0 aliphatic heterocycles. The second-order valence-corrected chi connectivity index (χ2v) is 16.0. The molecule has 4 nitrogen and oxygen atoms in total. The van der Waals surface area contributed by atoms with Crippen molar-refractivity contribution in [1.29, 1.82) is 0 Å². The molecule has 0 amide bonds. The summed E-state index contributed by atoms with van der Waals surface area (Å²) in [5.74, 6) is 0. The maximum absolute atomic E-state index is 5.30. The Kier molecular flexibility index (Phi) is 11.3. The third kappa shape index (κ3) is 8.05. The van der Waals surface area contributed by atoms with E-state index in [1.807, 2.05) is 24.3 Å². The number of hydrogen-bond donors (Lipinski definition) is 0. The van der Waals surface area contributed by atoms with Crippen LogP contribution in [0.25, 0.3) is 55.8 Å². The lowest BCUT2D eigenvalue weighted by Gasteiger charge is -2.28. The van der Waals surface area contributed by atoms with Crippen molar-refractivity contribution in [2.24, 2.45) is 0 Å².